The predicted molar refractivity (Wildman–Crippen MR) is 108 cm³/mol. The van der Waals surface area contributed by atoms with Crippen molar-refractivity contribution in [2.75, 3.05) is 38.6 Å². The largest absolute Gasteiger partial charge is 0.495 e. The first-order valence-electron chi connectivity index (χ1n) is 9.43. The number of methoxy groups -OCH3 is 1. The third-order valence-electron chi connectivity index (χ3n) is 5.32. The van der Waals surface area contributed by atoms with Gasteiger partial charge in [0.1, 0.15) is 38.5 Å². The van der Waals surface area contributed by atoms with Crippen LogP contribution in [0.2, 0.25) is 5.02 Å². The van der Waals surface area contributed by atoms with Gasteiger partial charge in [-0.25, -0.2) is 0 Å². The molecule has 2 aromatic carbocycles. The molecule has 6 heteroatoms. The van der Waals surface area contributed by atoms with Gasteiger partial charge in [0.05, 0.1) is 12.1 Å². The first-order chi connectivity index (χ1) is 13.1. The Balaban J connectivity index is 1.50. The maximum atomic E-state index is 12.6. The second kappa shape index (κ2) is 9.22. The molecule has 1 aliphatic heterocycles. The molecule has 0 bridgehead atoms. The average molecular weight is 390 g/mol. The summed E-state index contributed by atoms with van der Waals surface area (Å²) in [5.41, 5.74) is 2.07. The fourth-order valence-corrected chi connectivity index (χ4v) is 3.86. The second-order valence-corrected chi connectivity index (χ2v) is 7.54. The molecule has 1 fully saturated rings. The van der Waals surface area contributed by atoms with Crippen molar-refractivity contribution in [2.45, 2.75) is 19.5 Å². The van der Waals surface area contributed by atoms with E-state index < -0.39 is 0 Å². The fourth-order valence-electron chi connectivity index (χ4n) is 3.60. The van der Waals surface area contributed by atoms with Crippen molar-refractivity contribution in [1.29, 1.82) is 0 Å². The third-order valence-corrected chi connectivity index (χ3v) is 5.62. The first-order valence-corrected chi connectivity index (χ1v) is 9.81. The summed E-state index contributed by atoms with van der Waals surface area (Å²) in [7, 11) is 1.57. The number of ether oxygens (including phenoxy) is 1. The first kappa shape index (κ1) is 19.7. The van der Waals surface area contributed by atoms with Crippen LogP contribution in [0.4, 0.5) is 5.69 Å². The predicted octanol–water partition coefficient (Wildman–Crippen LogP) is 0.659. The lowest BCUT2D eigenvalue weighted by molar-refractivity contribution is -1.02. The van der Waals surface area contributed by atoms with E-state index in [0.29, 0.717) is 16.5 Å². The molecule has 2 aromatic rings. The quantitative estimate of drug-likeness (QED) is 0.679. The lowest BCUT2D eigenvalue weighted by Gasteiger charge is -2.32. The number of halogens is 1. The minimum Gasteiger partial charge on any atom is -0.495 e. The van der Waals surface area contributed by atoms with Gasteiger partial charge in [-0.05, 0) is 25.1 Å². The van der Waals surface area contributed by atoms with Gasteiger partial charge in [0.15, 0.2) is 6.04 Å². The van der Waals surface area contributed by atoms with E-state index in [2.05, 4.69) is 35.6 Å². The molecule has 3 rings (SSSR count). The van der Waals surface area contributed by atoms with Crippen molar-refractivity contribution in [3.05, 3.63) is 59.1 Å². The zero-order valence-electron chi connectivity index (χ0n) is 15.9. The van der Waals surface area contributed by atoms with Gasteiger partial charge >= 0.3 is 0 Å². The van der Waals surface area contributed by atoms with E-state index in [-0.39, 0.29) is 11.9 Å². The van der Waals surface area contributed by atoms with Crippen molar-refractivity contribution in [3.8, 4) is 5.75 Å². The van der Waals surface area contributed by atoms with Gasteiger partial charge in [0.25, 0.3) is 5.91 Å². The number of quaternary nitrogens is 2. The maximum Gasteiger partial charge on any atom is 0.282 e. The molecule has 0 aliphatic carbocycles. The van der Waals surface area contributed by atoms with Crippen LogP contribution in [-0.4, -0.2) is 45.2 Å². The van der Waals surface area contributed by atoms with Gasteiger partial charge in [-0.15, -0.1) is 0 Å². The van der Waals surface area contributed by atoms with Crippen molar-refractivity contribution in [1.82, 2.24) is 0 Å². The number of carbonyl (C=O) groups is 1. The van der Waals surface area contributed by atoms with Crippen LogP contribution in [0.3, 0.4) is 0 Å². The molecule has 3 N–H and O–H groups in total. The van der Waals surface area contributed by atoms with E-state index in [0.717, 1.165) is 32.7 Å². The molecule has 0 unspecified atom stereocenters. The molecule has 0 aromatic heterocycles. The molecule has 1 atom stereocenters. The van der Waals surface area contributed by atoms with E-state index in [1.54, 1.807) is 24.1 Å². The lowest BCUT2D eigenvalue weighted by atomic mass is 10.1. The smallest absolute Gasteiger partial charge is 0.282 e. The highest BCUT2D eigenvalue weighted by atomic mass is 35.5. The van der Waals surface area contributed by atoms with Crippen molar-refractivity contribution in [2.24, 2.45) is 0 Å². The van der Waals surface area contributed by atoms with E-state index in [4.69, 9.17) is 16.3 Å². The van der Waals surface area contributed by atoms with Crippen molar-refractivity contribution >= 4 is 23.2 Å². The molecule has 5 nitrogen and oxygen atoms in total. The SMILES string of the molecule is COc1ccc(NC(=O)[C@H](C)[NH+]2CC[NH+](Cc3ccccc3)CC2)cc1Cl. The van der Waals surface area contributed by atoms with Crippen molar-refractivity contribution in [3.63, 3.8) is 0 Å². The molecular formula is C21H28ClN3O2+2. The van der Waals surface area contributed by atoms with Crippen LogP contribution in [-0.2, 0) is 11.3 Å². The van der Waals surface area contributed by atoms with Crippen LogP contribution >= 0.6 is 11.6 Å². The normalized spacial score (nSPS) is 20.7. The van der Waals surface area contributed by atoms with Crippen LogP contribution < -0.4 is 19.9 Å². The lowest BCUT2D eigenvalue weighted by Crippen LogP contribution is -3.29. The van der Waals surface area contributed by atoms with E-state index in [1.165, 1.54) is 10.5 Å². The molecule has 144 valence electrons. The summed E-state index contributed by atoms with van der Waals surface area (Å²) in [6.07, 6.45) is 0. The minimum absolute atomic E-state index is 0.0257. The molecule has 0 radical (unpaired) electrons. The Hall–Kier alpha value is -2.08. The summed E-state index contributed by atoms with van der Waals surface area (Å²) in [6, 6.07) is 15.8. The van der Waals surface area contributed by atoms with Gasteiger partial charge in [0, 0.05) is 11.3 Å². The topological polar surface area (TPSA) is 47.2 Å². The monoisotopic (exact) mass is 389 g/mol. The number of nitrogens with one attached hydrogen (secondary N) is 3. The number of anilines is 1. The average Bonchev–Trinajstić information content (AvgIpc) is 2.69. The molecule has 1 aliphatic rings. The summed E-state index contributed by atoms with van der Waals surface area (Å²) in [5, 5.41) is 3.47. The summed E-state index contributed by atoms with van der Waals surface area (Å²) in [4.78, 5) is 15.6. The molecule has 27 heavy (non-hydrogen) atoms. The summed E-state index contributed by atoms with van der Waals surface area (Å²) < 4.78 is 5.15. The molecule has 0 saturated carbocycles. The summed E-state index contributed by atoms with van der Waals surface area (Å²) in [6.45, 7) is 7.21. The number of rotatable bonds is 6. The summed E-state index contributed by atoms with van der Waals surface area (Å²) in [5.74, 6) is 0.628. The van der Waals surface area contributed by atoms with Gasteiger partial charge < -0.3 is 19.9 Å². The number of hydrogen-bond donors (Lipinski definition) is 3. The Labute approximate surface area is 165 Å². The van der Waals surface area contributed by atoms with Gasteiger partial charge in [0.2, 0.25) is 0 Å². The Morgan fingerprint density at radius 1 is 1.15 bits per heavy atom. The van der Waals surface area contributed by atoms with Crippen molar-refractivity contribution < 1.29 is 19.3 Å². The van der Waals surface area contributed by atoms with Gasteiger partial charge in [-0.1, -0.05) is 41.9 Å². The number of piperazine rings is 1. The number of carbonyl (C=O) groups excluding carboxylic acids is 1. The zero-order valence-corrected chi connectivity index (χ0v) is 16.7. The highest BCUT2D eigenvalue weighted by molar-refractivity contribution is 6.32. The van der Waals surface area contributed by atoms with Gasteiger partial charge in [-0.3, -0.25) is 4.79 Å². The Morgan fingerprint density at radius 2 is 1.85 bits per heavy atom. The van der Waals surface area contributed by atoms with E-state index >= 15 is 0 Å². The number of hydrogen-bond acceptors (Lipinski definition) is 2. The molecule has 0 spiro atoms. The van der Waals surface area contributed by atoms with Crippen LogP contribution in [0, 0.1) is 0 Å². The minimum atomic E-state index is -0.0934. The highest BCUT2D eigenvalue weighted by Crippen LogP contribution is 2.27. The second-order valence-electron chi connectivity index (χ2n) is 7.13. The van der Waals surface area contributed by atoms with Crippen LogP contribution in [0.15, 0.2) is 48.5 Å². The van der Waals surface area contributed by atoms with Gasteiger partial charge in [-0.2, -0.15) is 0 Å². The molecular weight excluding hydrogens is 362 g/mol. The summed E-state index contributed by atoms with van der Waals surface area (Å²) >= 11 is 6.14. The Kier molecular flexibility index (Phi) is 6.72. The molecule has 1 heterocycles. The Bertz CT molecular complexity index is 761. The number of amides is 1. The van der Waals surface area contributed by atoms with E-state index in [1.807, 2.05) is 13.0 Å². The zero-order chi connectivity index (χ0) is 19.2. The maximum absolute atomic E-state index is 12.6. The van der Waals surface area contributed by atoms with Crippen LogP contribution in [0.1, 0.15) is 12.5 Å². The third kappa shape index (κ3) is 5.22. The number of benzene rings is 2. The standard InChI is InChI=1S/C21H26ClN3O2/c1-16(21(26)23-18-8-9-20(27-2)19(22)14-18)25-12-10-24(11-13-25)15-17-6-4-3-5-7-17/h3-9,14,16H,10-13,15H2,1-2H3,(H,23,26)/p+2/t16-/m0/s1. The molecule has 1 amide bonds. The molecule has 1 saturated heterocycles. The van der Waals surface area contributed by atoms with Crippen LogP contribution in [0.25, 0.3) is 0 Å². The van der Waals surface area contributed by atoms with Crippen LogP contribution in [0.5, 0.6) is 5.75 Å². The van der Waals surface area contributed by atoms with E-state index in [9.17, 15) is 4.79 Å². The highest BCUT2D eigenvalue weighted by Gasteiger charge is 2.31. The fraction of sp³-hybridized carbons (Fsp3) is 0.381. The Morgan fingerprint density at radius 3 is 2.48 bits per heavy atom.